The molecule has 0 bridgehead atoms. The molecule has 1 saturated carbocycles. The van der Waals surface area contributed by atoms with E-state index in [1.807, 2.05) is 4.90 Å². The molecule has 1 N–H and O–H groups in total. The lowest BCUT2D eigenvalue weighted by molar-refractivity contribution is -0.276. The van der Waals surface area contributed by atoms with Gasteiger partial charge in [-0.3, -0.25) is 4.79 Å². The van der Waals surface area contributed by atoms with Gasteiger partial charge in [-0.15, -0.1) is 13.2 Å². The topological polar surface area (TPSA) is 54.0 Å². The van der Waals surface area contributed by atoms with E-state index in [0.717, 1.165) is 18.2 Å². The first-order valence-electron chi connectivity index (χ1n) is 13.1. The van der Waals surface area contributed by atoms with Crippen LogP contribution in [0.1, 0.15) is 36.8 Å². The molecule has 4 rings (SSSR count). The van der Waals surface area contributed by atoms with Crippen LogP contribution < -0.4 is 15.0 Å². The van der Waals surface area contributed by atoms with Crippen LogP contribution >= 0.6 is 0 Å². The number of nitrogens with one attached hydrogen (secondary N) is 1. The van der Waals surface area contributed by atoms with Crippen LogP contribution in [-0.2, 0) is 21.9 Å². The molecular formula is C27H28F9N3O3. The molecule has 0 radical (unpaired) electrons. The van der Waals surface area contributed by atoms with E-state index in [4.69, 9.17) is 4.74 Å². The minimum atomic E-state index is -5.27. The third-order valence-electron chi connectivity index (χ3n) is 7.19. The standard InChI is InChI=1S/C27H28F9N3O3/c28-25(29,30)17-1-6-20(7-2-17)38-11-13-39(14-12-38)24(40)16-41-21-8-3-18(4-9-21)37-19-5-10-23(42-27(34,35)36)22(15-19)26(31,32)33/h1-2,5-7,10,15,18,21,37H,3-4,8-9,11-14,16H2/t18-,21-. The minimum absolute atomic E-state index is 0.00633. The fraction of sp³-hybridized carbons (Fsp3) is 0.519. The van der Waals surface area contributed by atoms with Gasteiger partial charge in [0.1, 0.15) is 12.4 Å². The molecule has 1 aliphatic carbocycles. The maximum atomic E-state index is 13.3. The van der Waals surface area contributed by atoms with E-state index in [1.54, 1.807) is 4.90 Å². The average Bonchev–Trinajstić information content (AvgIpc) is 2.91. The summed E-state index contributed by atoms with van der Waals surface area (Å²) in [6.45, 7) is 1.51. The number of hydrogen-bond donors (Lipinski definition) is 1. The molecule has 1 amide bonds. The predicted molar refractivity (Wildman–Crippen MR) is 134 cm³/mol. The SMILES string of the molecule is O=C(CO[C@H]1CC[C@H](Nc2ccc(OC(F)(F)F)c(C(F)(F)F)c2)CC1)N1CCN(c2ccc(C(F)(F)F)cc2)CC1. The fourth-order valence-corrected chi connectivity index (χ4v) is 5.02. The first-order chi connectivity index (χ1) is 19.6. The average molecular weight is 614 g/mol. The summed E-state index contributed by atoms with van der Waals surface area (Å²) in [7, 11) is 0. The number of amides is 1. The van der Waals surface area contributed by atoms with Gasteiger partial charge in [-0.25, -0.2) is 0 Å². The molecule has 0 unspecified atom stereocenters. The molecular weight excluding hydrogens is 585 g/mol. The highest BCUT2D eigenvalue weighted by Crippen LogP contribution is 2.40. The van der Waals surface area contributed by atoms with Crippen molar-refractivity contribution in [3.63, 3.8) is 0 Å². The van der Waals surface area contributed by atoms with Gasteiger partial charge in [0.25, 0.3) is 0 Å². The maximum absolute atomic E-state index is 13.3. The van der Waals surface area contributed by atoms with Crippen molar-refractivity contribution in [3.05, 3.63) is 53.6 Å². The van der Waals surface area contributed by atoms with Gasteiger partial charge in [-0.05, 0) is 68.1 Å². The lowest BCUT2D eigenvalue weighted by Crippen LogP contribution is -2.50. The van der Waals surface area contributed by atoms with Crippen LogP contribution in [0.5, 0.6) is 5.75 Å². The van der Waals surface area contributed by atoms with Crippen LogP contribution in [0.2, 0.25) is 0 Å². The van der Waals surface area contributed by atoms with Gasteiger partial charge in [0.15, 0.2) is 0 Å². The highest BCUT2D eigenvalue weighted by Gasteiger charge is 2.40. The Labute approximate surface area is 235 Å². The number of carbonyl (C=O) groups excluding carboxylic acids is 1. The van der Waals surface area contributed by atoms with Crippen molar-refractivity contribution in [2.24, 2.45) is 0 Å². The first-order valence-corrected chi connectivity index (χ1v) is 13.1. The lowest BCUT2D eigenvalue weighted by Gasteiger charge is -2.36. The molecule has 15 heteroatoms. The molecule has 2 aliphatic rings. The Morgan fingerprint density at radius 3 is 1.98 bits per heavy atom. The monoisotopic (exact) mass is 613 g/mol. The summed E-state index contributed by atoms with van der Waals surface area (Å²) in [4.78, 5) is 16.2. The fourth-order valence-electron chi connectivity index (χ4n) is 5.02. The predicted octanol–water partition coefficient (Wildman–Crippen LogP) is 6.71. The molecule has 2 aromatic rings. The summed E-state index contributed by atoms with van der Waals surface area (Å²) in [6, 6.07) is 6.91. The highest BCUT2D eigenvalue weighted by atomic mass is 19.4. The van der Waals surface area contributed by atoms with E-state index in [1.165, 1.54) is 12.1 Å². The van der Waals surface area contributed by atoms with Gasteiger partial charge in [0.05, 0.1) is 17.2 Å². The van der Waals surface area contributed by atoms with Gasteiger partial charge in [-0.1, -0.05) is 0 Å². The van der Waals surface area contributed by atoms with E-state index in [0.29, 0.717) is 69.7 Å². The van der Waals surface area contributed by atoms with Gasteiger partial charge >= 0.3 is 18.7 Å². The smallest absolute Gasteiger partial charge is 0.405 e. The first kappa shape index (κ1) is 31.6. The molecule has 232 valence electrons. The largest absolute Gasteiger partial charge is 0.573 e. The zero-order valence-electron chi connectivity index (χ0n) is 22.1. The number of carbonyl (C=O) groups is 1. The molecule has 1 heterocycles. The van der Waals surface area contributed by atoms with Gasteiger partial charge < -0.3 is 24.6 Å². The van der Waals surface area contributed by atoms with Crippen molar-refractivity contribution in [2.75, 3.05) is 43.0 Å². The Hall–Kier alpha value is -3.36. The van der Waals surface area contributed by atoms with E-state index in [2.05, 4.69) is 10.1 Å². The molecule has 2 aromatic carbocycles. The molecule has 0 aromatic heterocycles. The van der Waals surface area contributed by atoms with E-state index < -0.39 is 35.6 Å². The Kier molecular flexibility index (Phi) is 9.38. The Morgan fingerprint density at radius 1 is 0.810 bits per heavy atom. The summed E-state index contributed by atoms with van der Waals surface area (Å²) in [5.41, 5.74) is -1.63. The number of benzene rings is 2. The number of halogens is 9. The Bertz CT molecular complexity index is 1200. The third kappa shape index (κ3) is 8.58. The quantitative estimate of drug-likeness (QED) is 0.352. The van der Waals surface area contributed by atoms with E-state index in [9.17, 15) is 44.3 Å². The summed E-state index contributed by atoms with van der Waals surface area (Å²) >= 11 is 0. The van der Waals surface area contributed by atoms with Crippen LogP contribution in [0.3, 0.4) is 0 Å². The van der Waals surface area contributed by atoms with Crippen LogP contribution in [-0.4, -0.2) is 62.1 Å². The van der Waals surface area contributed by atoms with Gasteiger partial charge in [0, 0.05) is 43.6 Å². The second kappa shape index (κ2) is 12.5. The van der Waals surface area contributed by atoms with Crippen LogP contribution in [0.4, 0.5) is 50.9 Å². The zero-order valence-corrected chi connectivity index (χ0v) is 22.1. The molecule has 2 fully saturated rings. The summed E-state index contributed by atoms with van der Waals surface area (Å²) in [5, 5.41) is 2.92. The number of piperazine rings is 1. The third-order valence-corrected chi connectivity index (χ3v) is 7.19. The van der Waals surface area contributed by atoms with Crippen molar-refractivity contribution < 1.29 is 53.8 Å². The van der Waals surface area contributed by atoms with Gasteiger partial charge in [0.2, 0.25) is 5.91 Å². The Morgan fingerprint density at radius 2 is 1.43 bits per heavy atom. The molecule has 42 heavy (non-hydrogen) atoms. The van der Waals surface area contributed by atoms with Crippen molar-refractivity contribution in [2.45, 2.75) is 56.5 Å². The van der Waals surface area contributed by atoms with E-state index in [-0.39, 0.29) is 30.3 Å². The van der Waals surface area contributed by atoms with Crippen molar-refractivity contribution in [1.82, 2.24) is 4.90 Å². The van der Waals surface area contributed by atoms with Crippen molar-refractivity contribution in [1.29, 1.82) is 0 Å². The highest BCUT2D eigenvalue weighted by molar-refractivity contribution is 5.77. The van der Waals surface area contributed by atoms with Gasteiger partial charge in [-0.2, -0.15) is 26.3 Å². The zero-order chi connectivity index (χ0) is 30.7. The van der Waals surface area contributed by atoms with E-state index >= 15 is 0 Å². The summed E-state index contributed by atoms with van der Waals surface area (Å²) in [5.74, 6) is -1.55. The van der Waals surface area contributed by atoms with Crippen molar-refractivity contribution >= 4 is 17.3 Å². The number of anilines is 2. The molecule has 0 atom stereocenters. The molecule has 0 spiro atoms. The second-order valence-electron chi connectivity index (χ2n) is 10.1. The lowest BCUT2D eigenvalue weighted by atomic mass is 9.92. The Balaban J connectivity index is 1.20. The van der Waals surface area contributed by atoms with Crippen LogP contribution in [0.25, 0.3) is 0 Å². The minimum Gasteiger partial charge on any atom is -0.405 e. The van der Waals surface area contributed by atoms with Crippen LogP contribution in [0.15, 0.2) is 42.5 Å². The number of nitrogens with zero attached hydrogens (tertiary/aromatic N) is 2. The molecule has 1 saturated heterocycles. The summed E-state index contributed by atoms with van der Waals surface area (Å²) in [6.07, 6.45) is -12.9. The van der Waals surface area contributed by atoms with Crippen LogP contribution in [0, 0.1) is 0 Å². The van der Waals surface area contributed by atoms with Crippen molar-refractivity contribution in [3.8, 4) is 5.75 Å². The normalized spacial score (nSPS) is 20.4. The number of rotatable bonds is 7. The number of hydrogen-bond acceptors (Lipinski definition) is 5. The molecule has 6 nitrogen and oxygen atoms in total. The number of alkyl halides is 9. The summed E-state index contributed by atoms with van der Waals surface area (Å²) < 4.78 is 125. The second-order valence-corrected chi connectivity index (χ2v) is 10.1. The molecule has 1 aliphatic heterocycles. The number of ether oxygens (including phenoxy) is 2. The maximum Gasteiger partial charge on any atom is 0.573 e.